The highest BCUT2D eigenvalue weighted by atomic mass is 35.5. The second-order valence-electron chi connectivity index (χ2n) is 5.43. The standard InChI is InChI=1S/C18H18ClNO3S/c1-22-13-7-12(8-14(9-13)23-2)10-20-17(21)11-24-18(20)15-5-3-4-6-16(15)19/h3-9,18H,10-11H2,1-2H3. The lowest BCUT2D eigenvalue weighted by Crippen LogP contribution is -2.27. The first kappa shape index (κ1) is 17.0. The number of hydrogen-bond acceptors (Lipinski definition) is 4. The molecule has 0 bridgehead atoms. The predicted molar refractivity (Wildman–Crippen MR) is 96.7 cm³/mol. The molecule has 2 aromatic rings. The third-order valence-corrected chi connectivity index (χ3v) is 5.49. The molecule has 1 amide bonds. The molecule has 2 aromatic carbocycles. The van der Waals surface area contributed by atoms with Gasteiger partial charge in [0.15, 0.2) is 0 Å². The SMILES string of the molecule is COc1cc(CN2C(=O)CSC2c2ccccc2Cl)cc(OC)c1. The van der Waals surface area contributed by atoms with Crippen LogP contribution in [0.3, 0.4) is 0 Å². The van der Waals surface area contributed by atoms with Gasteiger partial charge in [0.2, 0.25) is 5.91 Å². The van der Waals surface area contributed by atoms with Crippen molar-refractivity contribution < 1.29 is 14.3 Å². The van der Waals surface area contributed by atoms with Gasteiger partial charge in [-0.15, -0.1) is 11.8 Å². The fourth-order valence-electron chi connectivity index (χ4n) is 2.71. The largest absolute Gasteiger partial charge is 0.497 e. The fraction of sp³-hybridized carbons (Fsp3) is 0.278. The van der Waals surface area contributed by atoms with Crippen molar-refractivity contribution in [3.8, 4) is 11.5 Å². The fourth-order valence-corrected chi connectivity index (χ4v) is 4.24. The van der Waals surface area contributed by atoms with E-state index in [2.05, 4.69) is 0 Å². The summed E-state index contributed by atoms with van der Waals surface area (Å²) in [5.41, 5.74) is 1.92. The van der Waals surface area contributed by atoms with Gasteiger partial charge < -0.3 is 14.4 Å². The molecule has 4 nitrogen and oxygen atoms in total. The van der Waals surface area contributed by atoms with E-state index in [1.54, 1.807) is 26.0 Å². The van der Waals surface area contributed by atoms with Crippen molar-refractivity contribution >= 4 is 29.3 Å². The van der Waals surface area contributed by atoms with E-state index in [0.29, 0.717) is 28.8 Å². The first-order valence-electron chi connectivity index (χ1n) is 7.50. The molecular formula is C18H18ClNO3S. The Labute approximate surface area is 150 Å². The Morgan fingerprint density at radius 3 is 2.46 bits per heavy atom. The van der Waals surface area contributed by atoms with Crippen molar-refractivity contribution in [2.24, 2.45) is 0 Å². The number of methoxy groups -OCH3 is 2. The van der Waals surface area contributed by atoms with Gasteiger partial charge in [-0.3, -0.25) is 4.79 Å². The Morgan fingerprint density at radius 2 is 1.83 bits per heavy atom. The molecule has 1 heterocycles. The van der Waals surface area contributed by atoms with Crippen molar-refractivity contribution in [2.75, 3.05) is 20.0 Å². The van der Waals surface area contributed by atoms with E-state index in [1.807, 2.05) is 47.4 Å². The number of carbonyl (C=O) groups is 1. The molecule has 24 heavy (non-hydrogen) atoms. The van der Waals surface area contributed by atoms with Gasteiger partial charge in [0.05, 0.1) is 20.0 Å². The number of thioether (sulfide) groups is 1. The second kappa shape index (κ2) is 7.36. The lowest BCUT2D eigenvalue weighted by molar-refractivity contribution is -0.128. The minimum Gasteiger partial charge on any atom is -0.497 e. The van der Waals surface area contributed by atoms with Crippen molar-refractivity contribution in [1.29, 1.82) is 0 Å². The molecular weight excluding hydrogens is 346 g/mol. The number of benzene rings is 2. The molecule has 3 rings (SSSR count). The Bertz CT molecular complexity index is 731. The Hall–Kier alpha value is -1.85. The molecule has 0 aromatic heterocycles. The van der Waals surface area contributed by atoms with Crippen LogP contribution in [0.1, 0.15) is 16.5 Å². The highest BCUT2D eigenvalue weighted by Crippen LogP contribution is 2.42. The number of rotatable bonds is 5. The van der Waals surface area contributed by atoms with Gasteiger partial charge >= 0.3 is 0 Å². The van der Waals surface area contributed by atoms with E-state index < -0.39 is 0 Å². The molecule has 1 aliphatic heterocycles. The first-order valence-corrected chi connectivity index (χ1v) is 8.92. The van der Waals surface area contributed by atoms with Gasteiger partial charge in [-0.2, -0.15) is 0 Å². The Balaban J connectivity index is 1.90. The summed E-state index contributed by atoms with van der Waals surface area (Å²) in [5.74, 6) is 1.97. The maximum atomic E-state index is 12.4. The molecule has 1 saturated heterocycles. The number of hydrogen-bond donors (Lipinski definition) is 0. The van der Waals surface area contributed by atoms with E-state index in [9.17, 15) is 4.79 Å². The van der Waals surface area contributed by atoms with Crippen LogP contribution in [-0.4, -0.2) is 30.8 Å². The average Bonchev–Trinajstić information content (AvgIpc) is 2.95. The highest BCUT2D eigenvalue weighted by Gasteiger charge is 2.34. The molecule has 0 aliphatic carbocycles. The molecule has 1 atom stereocenters. The molecule has 0 spiro atoms. The predicted octanol–water partition coefficient (Wildman–Crippen LogP) is 4.13. The normalized spacial score (nSPS) is 17.2. The summed E-state index contributed by atoms with van der Waals surface area (Å²) in [4.78, 5) is 14.2. The monoisotopic (exact) mass is 363 g/mol. The smallest absolute Gasteiger partial charge is 0.234 e. The number of nitrogens with zero attached hydrogens (tertiary/aromatic N) is 1. The first-order chi connectivity index (χ1) is 11.6. The lowest BCUT2D eigenvalue weighted by Gasteiger charge is -2.25. The lowest BCUT2D eigenvalue weighted by atomic mass is 10.1. The molecule has 6 heteroatoms. The summed E-state index contributed by atoms with van der Waals surface area (Å²) in [6.07, 6.45) is 0. The van der Waals surface area contributed by atoms with Crippen LogP contribution in [0.15, 0.2) is 42.5 Å². The maximum Gasteiger partial charge on any atom is 0.234 e. The number of carbonyl (C=O) groups excluding carboxylic acids is 1. The highest BCUT2D eigenvalue weighted by molar-refractivity contribution is 8.00. The van der Waals surface area contributed by atoms with E-state index in [1.165, 1.54) is 0 Å². The summed E-state index contributed by atoms with van der Waals surface area (Å²) in [6.45, 7) is 0.481. The van der Waals surface area contributed by atoms with E-state index >= 15 is 0 Å². The summed E-state index contributed by atoms with van der Waals surface area (Å²) < 4.78 is 10.6. The van der Waals surface area contributed by atoms with Gasteiger partial charge in [0.1, 0.15) is 16.9 Å². The van der Waals surface area contributed by atoms with Crippen LogP contribution in [0.2, 0.25) is 5.02 Å². The van der Waals surface area contributed by atoms with Crippen molar-refractivity contribution in [2.45, 2.75) is 11.9 Å². The van der Waals surface area contributed by atoms with Crippen LogP contribution in [0.25, 0.3) is 0 Å². The molecule has 0 radical (unpaired) electrons. The number of halogens is 1. The molecule has 126 valence electrons. The van der Waals surface area contributed by atoms with E-state index in [-0.39, 0.29) is 11.3 Å². The summed E-state index contributed by atoms with van der Waals surface area (Å²) in [5, 5.41) is 0.598. The number of amides is 1. The minimum atomic E-state index is -0.0802. The van der Waals surface area contributed by atoms with Crippen LogP contribution in [0.4, 0.5) is 0 Å². The van der Waals surface area contributed by atoms with E-state index in [0.717, 1.165) is 11.1 Å². The van der Waals surface area contributed by atoms with Crippen LogP contribution >= 0.6 is 23.4 Å². The third-order valence-electron chi connectivity index (χ3n) is 3.90. The zero-order chi connectivity index (χ0) is 17.1. The minimum absolute atomic E-state index is 0.0802. The van der Waals surface area contributed by atoms with Gasteiger partial charge in [-0.05, 0) is 23.8 Å². The van der Waals surface area contributed by atoms with Crippen LogP contribution in [0, 0.1) is 0 Å². The van der Waals surface area contributed by atoms with Crippen LogP contribution < -0.4 is 9.47 Å². The van der Waals surface area contributed by atoms with Crippen molar-refractivity contribution in [3.63, 3.8) is 0 Å². The van der Waals surface area contributed by atoms with Crippen LogP contribution in [-0.2, 0) is 11.3 Å². The quantitative estimate of drug-likeness (QED) is 0.800. The van der Waals surface area contributed by atoms with Crippen molar-refractivity contribution in [1.82, 2.24) is 4.90 Å². The Kier molecular flexibility index (Phi) is 5.21. The summed E-state index contributed by atoms with van der Waals surface area (Å²) in [6, 6.07) is 13.3. The zero-order valence-corrected chi connectivity index (χ0v) is 15.1. The molecule has 1 aliphatic rings. The van der Waals surface area contributed by atoms with Gasteiger partial charge in [0.25, 0.3) is 0 Å². The summed E-state index contributed by atoms with van der Waals surface area (Å²) >= 11 is 7.92. The zero-order valence-electron chi connectivity index (χ0n) is 13.5. The molecule has 1 unspecified atom stereocenters. The second-order valence-corrected chi connectivity index (χ2v) is 6.90. The number of ether oxygens (including phenoxy) is 2. The van der Waals surface area contributed by atoms with Gasteiger partial charge in [-0.25, -0.2) is 0 Å². The third kappa shape index (κ3) is 3.47. The topological polar surface area (TPSA) is 38.8 Å². The van der Waals surface area contributed by atoms with E-state index in [4.69, 9.17) is 21.1 Å². The van der Waals surface area contributed by atoms with Crippen molar-refractivity contribution in [3.05, 3.63) is 58.6 Å². The van der Waals surface area contributed by atoms with Gasteiger partial charge in [-0.1, -0.05) is 29.8 Å². The van der Waals surface area contributed by atoms with Crippen LogP contribution in [0.5, 0.6) is 11.5 Å². The average molecular weight is 364 g/mol. The summed E-state index contributed by atoms with van der Waals surface area (Å²) in [7, 11) is 3.23. The maximum absolute atomic E-state index is 12.4. The Morgan fingerprint density at radius 1 is 1.17 bits per heavy atom. The van der Waals surface area contributed by atoms with Gasteiger partial charge in [0, 0.05) is 23.2 Å². The molecule has 0 saturated carbocycles. The molecule has 1 fully saturated rings. The molecule has 0 N–H and O–H groups in total.